The minimum Gasteiger partial charge on any atom is -0.346 e. The Balaban J connectivity index is 3.23. The summed E-state index contributed by atoms with van der Waals surface area (Å²) >= 11 is 0.583. The van der Waals surface area contributed by atoms with Crippen molar-refractivity contribution in [1.29, 1.82) is 0 Å². The molecule has 1 aliphatic rings. The van der Waals surface area contributed by atoms with Crippen molar-refractivity contribution in [3.63, 3.8) is 0 Å². The molecule has 12 nitrogen and oxygen atoms in total. The van der Waals surface area contributed by atoms with Gasteiger partial charge in [-0.05, 0) is 48.5 Å². The smallest absolute Gasteiger partial charge is 0.346 e. The van der Waals surface area contributed by atoms with Crippen molar-refractivity contribution < 1.29 is 28.2 Å². The Hall–Kier alpha value is -2.93. The van der Waals surface area contributed by atoms with Gasteiger partial charge in [0.25, 0.3) is 5.91 Å². The van der Waals surface area contributed by atoms with Crippen LogP contribution in [0.5, 0.6) is 0 Å². The topological polar surface area (TPSA) is 166 Å². The third-order valence-electron chi connectivity index (χ3n) is 8.88. The highest BCUT2D eigenvalue weighted by molar-refractivity contribution is 7.65. The fourth-order valence-electron chi connectivity index (χ4n) is 5.82. The third kappa shape index (κ3) is 13.9. The predicted molar refractivity (Wildman–Crippen MR) is 191 cm³/mol. The van der Waals surface area contributed by atoms with Gasteiger partial charge in [-0.1, -0.05) is 81.2 Å². The fourth-order valence-corrected chi connectivity index (χ4v) is 6.14. The van der Waals surface area contributed by atoms with E-state index in [2.05, 4.69) is 33.2 Å². The average molecular weight is 696 g/mol. The van der Waals surface area contributed by atoms with Gasteiger partial charge in [-0.2, -0.15) is 0 Å². The lowest BCUT2D eigenvalue weighted by Crippen LogP contribution is -2.62. The molecule has 1 fully saturated rings. The van der Waals surface area contributed by atoms with E-state index in [9.17, 15) is 28.2 Å². The molecule has 0 aromatic rings. The molecule has 5 N–H and O–H groups in total. The molecular formula is C35H63N6O6S+. The van der Waals surface area contributed by atoms with E-state index in [1.54, 1.807) is 4.90 Å². The molecule has 5 atom stereocenters. The number of likely N-dealkylation sites (tertiary alicyclic amines) is 1. The first-order valence-electron chi connectivity index (χ1n) is 17.5. The van der Waals surface area contributed by atoms with Gasteiger partial charge in [0.15, 0.2) is 0 Å². The van der Waals surface area contributed by atoms with Crippen LogP contribution in [0.1, 0.15) is 101 Å². The van der Waals surface area contributed by atoms with E-state index in [4.69, 9.17) is 0 Å². The van der Waals surface area contributed by atoms with Crippen LogP contribution in [0.4, 0.5) is 4.79 Å². The van der Waals surface area contributed by atoms with E-state index < -0.39 is 47.2 Å². The Morgan fingerprint density at radius 2 is 1.62 bits per heavy atom. The van der Waals surface area contributed by atoms with Gasteiger partial charge in [0.05, 0.1) is 6.04 Å². The zero-order valence-corrected chi connectivity index (χ0v) is 31.6. The second kappa shape index (κ2) is 20.6. The van der Waals surface area contributed by atoms with Crippen LogP contribution in [-0.2, 0) is 35.1 Å². The van der Waals surface area contributed by atoms with Crippen LogP contribution in [0.25, 0.3) is 0 Å². The summed E-state index contributed by atoms with van der Waals surface area (Å²) in [6.45, 7) is 22.9. The Morgan fingerprint density at radius 1 is 0.958 bits per heavy atom. The normalized spacial score (nSPS) is 18.4. The van der Waals surface area contributed by atoms with Crippen molar-refractivity contribution in [3.8, 4) is 0 Å². The number of amides is 5. The van der Waals surface area contributed by atoms with E-state index >= 15 is 0 Å². The second-order valence-corrected chi connectivity index (χ2v) is 16.0. The van der Waals surface area contributed by atoms with Crippen LogP contribution in [0.2, 0.25) is 0 Å². The Morgan fingerprint density at radius 3 is 2.17 bits per heavy atom. The van der Waals surface area contributed by atoms with Crippen molar-refractivity contribution >= 4 is 41.2 Å². The molecule has 0 radical (unpaired) electrons. The van der Waals surface area contributed by atoms with Crippen molar-refractivity contribution in [1.82, 2.24) is 31.5 Å². The fraction of sp³-hybridized carbons (Fsp3) is 0.800. The second-order valence-electron chi connectivity index (χ2n) is 15.3. The van der Waals surface area contributed by atoms with Crippen molar-refractivity contribution in [3.05, 3.63) is 12.7 Å². The molecule has 274 valence electrons. The number of ketones is 1. The molecule has 0 spiro atoms. The summed E-state index contributed by atoms with van der Waals surface area (Å²) in [4.78, 5) is 68.9. The molecule has 1 rings (SSSR count). The van der Waals surface area contributed by atoms with Gasteiger partial charge in [0, 0.05) is 36.3 Å². The number of Topliss-reactive ketones (excluding diaryl/α,β-unsaturated/α-hetero) is 1. The Kier molecular flexibility index (Phi) is 18.5. The van der Waals surface area contributed by atoms with E-state index in [1.807, 2.05) is 62.3 Å². The minimum atomic E-state index is -1.02. The molecule has 5 amide bonds. The van der Waals surface area contributed by atoms with E-state index in [0.717, 1.165) is 25.8 Å². The summed E-state index contributed by atoms with van der Waals surface area (Å²) in [6, 6.07) is -3.57. The van der Waals surface area contributed by atoms with E-state index in [0.29, 0.717) is 49.8 Å². The molecule has 1 heterocycles. The maximum absolute atomic E-state index is 14.3. The summed E-state index contributed by atoms with van der Waals surface area (Å²) < 4.78 is 10.6. The first-order chi connectivity index (χ1) is 22.4. The molecule has 13 heteroatoms. The molecule has 0 aromatic carbocycles. The Bertz CT molecular complexity index is 1100. The maximum atomic E-state index is 14.3. The number of nitrogens with zero attached hydrogens (tertiary/aromatic N) is 1. The SMILES string of the molecule is C=CCNC(=O)C(=O)C(CCCC)NC(=O)[C@@H]1[C@@H](C(C)C)CCN1C(=O)[C@@H](NC(=O)N[C@H](CNCCCC[S+]=O)C(C)(C)C)C(C)(C)C. The zero-order chi connectivity index (χ0) is 36.7. The zero-order valence-electron chi connectivity index (χ0n) is 30.8. The Labute approximate surface area is 292 Å². The van der Waals surface area contributed by atoms with E-state index in [-0.39, 0.29) is 35.7 Å². The van der Waals surface area contributed by atoms with Crippen LogP contribution in [-0.4, -0.2) is 90.5 Å². The number of carbonyl (C=O) groups excluding carboxylic acids is 5. The van der Waals surface area contributed by atoms with Gasteiger partial charge >= 0.3 is 17.7 Å². The molecule has 1 unspecified atom stereocenters. The van der Waals surface area contributed by atoms with Gasteiger partial charge in [0.1, 0.15) is 12.1 Å². The first-order valence-corrected chi connectivity index (χ1v) is 18.4. The predicted octanol–water partition coefficient (Wildman–Crippen LogP) is 3.33. The molecule has 0 aliphatic carbocycles. The summed E-state index contributed by atoms with van der Waals surface area (Å²) in [6.07, 6.45) is 5.43. The number of unbranched alkanes of at least 4 members (excludes halogenated alkanes) is 2. The highest BCUT2D eigenvalue weighted by Gasteiger charge is 2.47. The quantitative estimate of drug-likeness (QED) is 0.0564. The number of urea groups is 1. The standard InChI is InChI=1S/C35H62N6O6S/c1-11-13-16-25(28(42)31(44)37-18-12-2)38-30(43)27-24(23(3)4)17-20-41(27)32(45)29(35(8,9)10)40-33(46)39-26(34(5,6)7)22-36-19-14-15-21-48-47/h12,23-27,29,36H,2,11,13-22H2,1,3-10H3,(H3-,37,38,39,40,43,44,46)/p+1/t24-,25?,26-,27+,29-/m1/s1. The van der Waals surface area contributed by atoms with Crippen LogP contribution in [0.3, 0.4) is 0 Å². The van der Waals surface area contributed by atoms with Crippen LogP contribution < -0.4 is 26.6 Å². The lowest BCUT2D eigenvalue weighted by molar-refractivity contribution is -0.144. The highest BCUT2D eigenvalue weighted by Crippen LogP contribution is 2.33. The summed E-state index contributed by atoms with van der Waals surface area (Å²) in [5.74, 6) is -1.92. The van der Waals surface area contributed by atoms with E-state index in [1.165, 1.54) is 6.08 Å². The molecule has 48 heavy (non-hydrogen) atoms. The van der Waals surface area contributed by atoms with Gasteiger partial charge in [-0.3, -0.25) is 19.2 Å². The van der Waals surface area contributed by atoms with Crippen molar-refractivity contribution in [2.75, 3.05) is 31.9 Å². The summed E-state index contributed by atoms with van der Waals surface area (Å²) in [5, 5.41) is 14.7. The van der Waals surface area contributed by atoms with Crippen LogP contribution in [0.15, 0.2) is 12.7 Å². The lowest BCUT2D eigenvalue weighted by Gasteiger charge is -2.38. The molecule has 1 aliphatic heterocycles. The van der Waals surface area contributed by atoms with Gasteiger partial charge in [-0.25, -0.2) is 4.79 Å². The number of carbonyl (C=O) groups is 5. The lowest BCUT2D eigenvalue weighted by atomic mass is 9.84. The van der Waals surface area contributed by atoms with Gasteiger partial charge in [0.2, 0.25) is 23.4 Å². The van der Waals surface area contributed by atoms with Gasteiger partial charge in [-0.15, -0.1) is 6.58 Å². The van der Waals surface area contributed by atoms with Crippen molar-refractivity contribution in [2.24, 2.45) is 22.7 Å². The molecule has 0 aromatic heterocycles. The summed E-state index contributed by atoms with van der Waals surface area (Å²) in [7, 11) is 0. The monoisotopic (exact) mass is 695 g/mol. The van der Waals surface area contributed by atoms with Gasteiger partial charge < -0.3 is 31.5 Å². The molecule has 0 bridgehead atoms. The average Bonchev–Trinajstić information content (AvgIpc) is 3.46. The number of rotatable bonds is 20. The largest absolute Gasteiger partial charge is 0.458 e. The highest BCUT2D eigenvalue weighted by atomic mass is 32.1. The molecule has 0 saturated carbocycles. The van der Waals surface area contributed by atoms with Crippen LogP contribution in [0, 0.1) is 22.7 Å². The number of hydrogen-bond acceptors (Lipinski definition) is 7. The molecule has 1 saturated heterocycles. The number of nitrogens with one attached hydrogen (secondary N) is 5. The number of hydrogen-bond donors (Lipinski definition) is 5. The van der Waals surface area contributed by atoms with Crippen molar-refractivity contribution in [2.45, 2.75) is 125 Å². The van der Waals surface area contributed by atoms with Crippen LogP contribution >= 0.6 is 0 Å². The first kappa shape index (κ1) is 43.1. The summed E-state index contributed by atoms with van der Waals surface area (Å²) in [5.41, 5.74) is -0.975. The minimum absolute atomic E-state index is 0.0580. The maximum Gasteiger partial charge on any atom is 0.458 e. The third-order valence-corrected chi connectivity index (χ3v) is 9.34. The molecular weight excluding hydrogens is 632 g/mol.